The molecule has 11 nitrogen and oxygen atoms in total. The number of nitrogens with zero attached hydrogens (tertiary/aromatic N) is 2. The van der Waals surface area contributed by atoms with E-state index in [4.69, 9.17) is 0 Å². The summed E-state index contributed by atoms with van der Waals surface area (Å²) in [6.45, 7) is -2.68. The van der Waals surface area contributed by atoms with Crippen LogP contribution in [-0.4, -0.2) is 84.7 Å². The molecule has 2 rings (SSSR count). The molecular formula is C23H29FeN2O9+. The van der Waals surface area contributed by atoms with Crippen LogP contribution in [0.15, 0.2) is 36.4 Å². The summed E-state index contributed by atoms with van der Waals surface area (Å²) in [6, 6.07) is 8.34. The molecule has 0 saturated heterocycles. The van der Waals surface area contributed by atoms with E-state index in [9.17, 15) is 45.3 Å². The van der Waals surface area contributed by atoms with Crippen LogP contribution in [0.5, 0.6) is 11.5 Å². The van der Waals surface area contributed by atoms with Crippen LogP contribution in [0.3, 0.4) is 0 Å². The number of phenols is 1. The number of para-hydroxylation sites is 2. The first-order valence-corrected chi connectivity index (χ1v) is 10.5. The number of hydrogen-bond donors (Lipinski definition) is 6. The van der Waals surface area contributed by atoms with Crippen LogP contribution in [-0.2, 0) is 53.0 Å². The number of benzene rings is 2. The van der Waals surface area contributed by atoms with Gasteiger partial charge in [-0.3, -0.25) is 19.4 Å². The topological polar surface area (TPSA) is 185 Å². The summed E-state index contributed by atoms with van der Waals surface area (Å²) in [6.07, 6.45) is 0. The van der Waals surface area contributed by atoms with Gasteiger partial charge in [-0.15, -0.1) is 0 Å². The molecule has 0 radical (unpaired) electrons. The monoisotopic (exact) mass is 533 g/mol. The van der Waals surface area contributed by atoms with Gasteiger partial charge in [0.15, 0.2) is 0 Å². The van der Waals surface area contributed by atoms with Crippen LogP contribution < -0.4 is 5.11 Å². The molecule has 0 spiro atoms. The number of aliphatic hydroxyl groups is 3. The predicted molar refractivity (Wildman–Crippen MR) is 118 cm³/mol. The zero-order valence-corrected chi connectivity index (χ0v) is 20.0. The largest absolute Gasteiger partial charge is 2.00 e. The van der Waals surface area contributed by atoms with Crippen LogP contribution >= 0.6 is 0 Å². The third-order valence-electron chi connectivity index (χ3n) is 5.38. The van der Waals surface area contributed by atoms with Gasteiger partial charge in [-0.2, -0.15) is 0 Å². The number of carbonyl (C=O) groups is 2. The molecule has 0 saturated carbocycles. The Labute approximate surface area is 213 Å². The Morgan fingerprint density at radius 2 is 1.37 bits per heavy atom. The van der Waals surface area contributed by atoms with E-state index in [1.807, 2.05) is 0 Å². The summed E-state index contributed by atoms with van der Waals surface area (Å²) in [7, 11) is 0. The molecule has 0 aliphatic carbocycles. The number of rotatable bonds is 14. The second kappa shape index (κ2) is 14.6. The molecule has 2 aromatic carbocycles. The summed E-state index contributed by atoms with van der Waals surface area (Å²) in [5.74, 6) is -3.00. The summed E-state index contributed by atoms with van der Waals surface area (Å²) in [4.78, 5) is 25.7. The van der Waals surface area contributed by atoms with Crippen molar-refractivity contribution in [1.29, 1.82) is 0 Å². The van der Waals surface area contributed by atoms with E-state index >= 15 is 0 Å². The fourth-order valence-electron chi connectivity index (χ4n) is 3.70. The molecule has 0 aromatic heterocycles. The SMILES string of the molecule is O=C(O)CN(Cc1cccc(CO)c1O)CC(CO)N(CC(=O)O)Cc1cccc(CO)c1[O-].[Fe+2]. The Morgan fingerprint density at radius 3 is 1.91 bits per heavy atom. The van der Waals surface area contributed by atoms with Crippen molar-refractivity contribution in [3.8, 4) is 11.5 Å². The smallest absolute Gasteiger partial charge is 0.872 e. The zero-order chi connectivity index (χ0) is 25.3. The van der Waals surface area contributed by atoms with Crippen molar-refractivity contribution in [2.75, 3.05) is 26.2 Å². The molecule has 12 heteroatoms. The van der Waals surface area contributed by atoms with E-state index in [0.717, 1.165) is 0 Å². The van der Waals surface area contributed by atoms with Crippen molar-refractivity contribution in [2.24, 2.45) is 0 Å². The molecular weight excluding hydrogens is 504 g/mol. The maximum absolute atomic E-state index is 12.5. The summed E-state index contributed by atoms with van der Waals surface area (Å²) < 4.78 is 0. The van der Waals surface area contributed by atoms with Gasteiger partial charge in [0.2, 0.25) is 0 Å². The van der Waals surface area contributed by atoms with Crippen LogP contribution in [0.4, 0.5) is 0 Å². The predicted octanol–water partition coefficient (Wildman–Crippen LogP) is -0.718. The molecule has 1 atom stereocenters. The van der Waals surface area contributed by atoms with Crippen LogP contribution in [0.2, 0.25) is 0 Å². The summed E-state index contributed by atoms with van der Waals surface area (Å²) >= 11 is 0. The Hall–Kier alpha value is -2.70. The molecule has 0 heterocycles. The molecule has 1 unspecified atom stereocenters. The zero-order valence-electron chi connectivity index (χ0n) is 18.9. The van der Waals surface area contributed by atoms with Gasteiger partial charge in [0, 0.05) is 36.8 Å². The van der Waals surface area contributed by atoms with Crippen LogP contribution in [0.1, 0.15) is 22.3 Å². The number of hydrogen-bond acceptors (Lipinski definition) is 9. The molecule has 0 aliphatic heterocycles. The molecule has 192 valence electrons. The van der Waals surface area contributed by atoms with Gasteiger partial charge in [0.1, 0.15) is 5.75 Å². The van der Waals surface area contributed by atoms with E-state index < -0.39 is 56.6 Å². The van der Waals surface area contributed by atoms with E-state index in [2.05, 4.69) is 0 Å². The van der Waals surface area contributed by atoms with Crippen molar-refractivity contribution < 1.29 is 62.4 Å². The van der Waals surface area contributed by atoms with Gasteiger partial charge in [-0.25, -0.2) is 0 Å². The minimum absolute atomic E-state index is 0. The summed E-state index contributed by atoms with van der Waals surface area (Å²) in [5, 5.41) is 70.3. The van der Waals surface area contributed by atoms with E-state index in [-0.39, 0.29) is 59.1 Å². The fraction of sp³-hybridized carbons (Fsp3) is 0.391. The first kappa shape index (κ1) is 30.3. The Morgan fingerprint density at radius 1 is 0.829 bits per heavy atom. The molecule has 0 fully saturated rings. The molecule has 0 amide bonds. The fourth-order valence-corrected chi connectivity index (χ4v) is 3.70. The second-order valence-electron chi connectivity index (χ2n) is 7.84. The molecule has 35 heavy (non-hydrogen) atoms. The maximum atomic E-state index is 12.5. The molecule has 6 N–H and O–H groups in total. The minimum atomic E-state index is -1.21. The van der Waals surface area contributed by atoms with E-state index in [1.54, 1.807) is 18.2 Å². The quantitative estimate of drug-likeness (QED) is 0.169. The van der Waals surface area contributed by atoms with Crippen LogP contribution in [0.25, 0.3) is 0 Å². The van der Waals surface area contributed by atoms with E-state index in [0.29, 0.717) is 5.56 Å². The average Bonchev–Trinajstić information content (AvgIpc) is 2.78. The average molecular weight is 533 g/mol. The van der Waals surface area contributed by atoms with Gasteiger partial charge < -0.3 is 35.7 Å². The first-order valence-electron chi connectivity index (χ1n) is 10.5. The van der Waals surface area contributed by atoms with Crippen molar-refractivity contribution in [3.05, 3.63) is 58.7 Å². The summed E-state index contributed by atoms with van der Waals surface area (Å²) in [5.41, 5.74) is 1.00. The normalized spacial score (nSPS) is 11.9. The number of aromatic hydroxyl groups is 1. The van der Waals surface area contributed by atoms with Gasteiger partial charge in [0.25, 0.3) is 0 Å². The number of aliphatic hydroxyl groups excluding tert-OH is 3. The van der Waals surface area contributed by atoms with Crippen molar-refractivity contribution >= 4 is 11.9 Å². The number of carboxylic acids is 2. The van der Waals surface area contributed by atoms with Crippen LogP contribution in [0, 0.1) is 0 Å². The Balaban J connectivity index is 0.00000612. The third kappa shape index (κ3) is 8.79. The van der Waals surface area contributed by atoms with Crippen molar-refractivity contribution in [3.63, 3.8) is 0 Å². The van der Waals surface area contributed by atoms with E-state index in [1.165, 1.54) is 28.0 Å². The van der Waals surface area contributed by atoms with Gasteiger partial charge in [-0.1, -0.05) is 42.1 Å². The second-order valence-corrected chi connectivity index (χ2v) is 7.84. The maximum Gasteiger partial charge on any atom is 2.00 e. The number of carboxylic acid groups (broad SMARTS) is 2. The minimum Gasteiger partial charge on any atom is -0.872 e. The van der Waals surface area contributed by atoms with Crippen molar-refractivity contribution in [2.45, 2.75) is 32.3 Å². The Bertz CT molecular complexity index is 989. The molecule has 0 aliphatic rings. The van der Waals surface area contributed by atoms with Gasteiger partial charge >= 0.3 is 29.0 Å². The number of aliphatic carboxylic acids is 2. The third-order valence-corrected chi connectivity index (χ3v) is 5.38. The molecule has 2 aromatic rings. The molecule has 0 bridgehead atoms. The van der Waals surface area contributed by atoms with Crippen molar-refractivity contribution in [1.82, 2.24) is 9.80 Å². The standard InChI is InChI=1S/C23H30N2O9.Fe/c26-12-17-5-1-3-15(22(17)33)7-24(10-20(29)30)9-19(14-28)25(11-21(31)32)8-16-4-2-6-18(13-27)23(16)34;/h1-6,19,26-28,33-34H,7-14H2,(H,29,30)(H,31,32);/q;+2/p-1. The first-order chi connectivity index (χ1) is 16.2. The van der Waals surface area contributed by atoms with Gasteiger partial charge in [0.05, 0.1) is 32.9 Å². The Kier molecular flexibility index (Phi) is 12.7. The van der Waals surface area contributed by atoms with Gasteiger partial charge in [-0.05, 0) is 11.1 Å².